The summed E-state index contributed by atoms with van der Waals surface area (Å²) in [6, 6.07) is 0. The second kappa shape index (κ2) is 3.67. The van der Waals surface area contributed by atoms with Gasteiger partial charge in [0.05, 0.1) is 0 Å². The van der Waals surface area contributed by atoms with E-state index in [1.54, 1.807) is 0 Å². The third kappa shape index (κ3) is 3.32. The first-order valence-electron chi connectivity index (χ1n) is 2.64. The minimum atomic E-state index is 0.595. The van der Waals surface area contributed by atoms with Crippen molar-refractivity contribution >= 4 is 0 Å². The molecule has 0 aromatic rings. The highest BCUT2D eigenvalue weighted by atomic mass is 14.6. The van der Waals surface area contributed by atoms with E-state index in [1.165, 1.54) is 0 Å². The maximum atomic E-state index is 6.46. The molecule has 1 nitrogen and oxygen atoms in total. The van der Waals surface area contributed by atoms with Crippen LogP contribution in [0.15, 0.2) is 0 Å². The third-order valence-corrected chi connectivity index (χ3v) is 1.10. The summed E-state index contributed by atoms with van der Waals surface area (Å²) in [5.74, 6) is 0.595. The minimum absolute atomic E-state index is 0.595. The number of nitrogens with zero attached hydrogens (tertiary/aromatic N) is 1. The van der Waals surface area contributed by atoms with Crippen LogP contribution in [0.2, 0.25) is 0 Å². The monoisotopic (exact) mass is 97.1 g/mol. The first kappa shape index (κ1) is 6.49. The topological polar surface area (TPSA) is 4.36 Å². The largest absolute Gasteiger partial charge is 0.317 e. The zero-order valence-electron chi connectivity index (χ0n) is 4.94. The van der Waals surface area contributed by atoms with E-state index in [9.17, 15) is 0 Å². The number of hydrogen-bond acceptors (Lipinski definition) is 0. The minimum Gasteiger partial charge on any atom is -0.317 e. The van der Waals surface area contributed by atoms with Crippen LogP contribution >= 0.6 is 0 Å². The summed E-state index contributed by atoms with van der Waals surface area (Å²) in [7, 11) is 0. The van der Waals surface area contributed by atoms with Crippen molar-refractivity contribution in [2.75, 3.05) is 6.54 Å². The summed E-state index contributed by atoms with van der Waals surface area (Å²) < 4.78 is 0. The molecule has 0 spiro atoms. The fraction of sp³-hybridized carbons (Fsp3) is 0.833. The summed E-state index contributed by atoms with van der Waals surface area (Å²) >= 11 is 0. The molecule has 1 atom stereocenters. The maximum Gasteiger partial charge on any atom is 0.217 e. The van der Waals surface area contributed by atoms with Gasteiger partial charge in [-0.3, -0.25) is 0 Å². The fourth-order valence-corrected chi connectivity index (χ4v) is 0.285. The molecule has 0 bridgehead atoms. The van der Waals surface area contributed by atoms with Gasteiger partial charge in [0.1, 0.15) is 0 Å². The molecule has 0 heterocycles. The van der Waals surface area contributed by atoms with Gasteiger partial charge in [-0.25, -0.2) is 6.57 Å². The first-order valence-corrected chi connectivity index (χ1v) is 2.64. The lowest BCUT2D eigenvalue weighted by atomic mass is 10.1. The van der Waals surface area contributed by atoms with E-state index in [-0.39, 0.29) is 0 Å². The number of hydrogen-bond donors (Lipinski definition) is 0. The quantitative estimate of drug-likeness (QED) is 0.464. The van der Waals surface area contributed by atoms with Crippen molar-refractivity contribution in [2.24, 2.45) is 5.92 Å². The van der Waals surface area contributed by atoms with Crippen molar-refractivity contribution in [3.05, 3.63) is 11.4 Å². The molecule has 40 valence electrons. The smallest absolute Gasteiger partial charge is 0.217 e. The first-order chi connectivity index (χ1) is 3.31. The summed E-state index contributed by atoms with van der Waals surface area (Å²) in [6.45, 7) is 11.4. The Balaban J connectivity index is 3.03. The predicted molar refractivity (Wildman–Crippen MR) is 30.9 cm³/mol. The lowest BCUT2D eigenvalue weighted by Gasteiger charge is -1.93. The van der Waals surface area contributed by atoms with Crippen LogP contribution in [0.1, 0.15) is 20.3 Å². The van der Waals surface area contributed by atoms with E-state index in [2.05, 4.69) is 18.7 Å². The van der Waals surface area contributed by atoms with E-state index >= 15 is 0 Å². The molecular formula is C6H11N. The van der Waals surface area contributed by atoms with Crippen molar-refractivity contribution < 1.29 is 0 Å². The van der Waals surface area contributed by atoms with Crippen molar-refractivity contribution in [3.8, 4) is 0 Å². The molecule has 0 aliphatic heterocycles. The Morgan fingerprint density at radius 2 is 2.29 bits per heavy atom. The predicted octanol–water partition coefficient (Wildman–Crippen LogP) is 1.95. The van der Waals surface area contributed by atoms with Gasteiger partial charge in [-0.05, 0) is 6.42 Å². The summed E-state index contributed by atoms with van der Waals surface area (Å²) in [5, 5.41) is 0. The molecule has 0 amide bonds. The van der Waals surface area contributed by atoms with Crippen LogP contribution in [0, 0.1) is 12.5 Å². The van der Waals surface area contributed by atoms with E-state index in [0.29, 0.717) is 12.5 Å². The van der Waals surface area contributed by atoms with E-state index < -0.39 is 0 Å². The Kier molecular flexibility index (Phi) is 3.40. The van der Waals surface area contributed by atoms with Crippen LogP contribution in [-0.4, -0.2) is 6.54 Å². The van der Waals surface area contributed by atoms with Gasteiger partial charge >= 0.3 is 0 Å². The highest BCUT2D eigenvalue weighted by molar-refractivity contribution is 4.63. The average molecular weight is 97.2 g/mol. The van der Waals surface area contributed by atoms with Gasteiger partial charge in [0.25, 0.3) is 0 Å². The Labute approximate surface area is 45.2 Å². The summed E-state index contributed by atoms with van der Waals surface area (Å²) in [5.41, 5.74) is 0. The van der Waals surface area contributed by atoms with Gasteiger partial charge in [-0.1, -0.05) is 13.8 Å². The molecule has 0 fully saturated rings. The molecule has 0 aliphatic rings. The lowest BCUT2D eigenvalue weighted by molar-refractivity contribution is 0.609. The zero-order valence-corrected chi connectivity index (χ0v) is 4.94. The highest BCUT2D eigenvalue weighted by Gasteiger charge is 1.97. The normalized spacial score (nSPS) is 12.7. The molecule has 7 heavy (non-hydrogen) atoms. The molecule has 0 saturated heterocycles. The molecule has 1 unspecified atom stereocenters. The van der Waals surface area contributed by atoms with Crippen molar-refractivity contribution in [1.82, 2.24) is 0 Å². The summed E-state index contributed by atoms with van der Waals surface area (Å²) in [6.07, 6.45) is 1.13. The molecule has 0 saturated carbocycles. The number of rotatable bonds is 2. The standard InChI is InChI=1S/C6H11N/c1-4-6(2)5-7-3/h6H,4-5H2,1-2H3. The van der Waals surface area contributed by atoms with Gasteiger partial charge in [0.2, 0.25) is 6.54 Å². The van der Waals surface area contributed by atoms with Gasteiger partial charge in [-0.15, -0.1) is 0 Å². The SMILES string of the molecule is [C-]#[N+]CC(C)CC. The summed E-state index contributed by atoms with van der Waals surface area (Å²) in [4.78, 5) is 3.26. The second-order valence-electron chi connectivity index (χ2n) is 1.85. The third-order valence-electron chi connectivity index (χ3n) is 1.10. The van der Waals surface area contributed by atoms with Crippen molar-refractivity contribution in [2.45, 2.75) is 20.3 Å². The molecule has 0 aliphatic carbocycles. The van der Waals surface area contributed by atoms with Crippen molar-refractivity contribution in [1.29, 1.82) is 0 Å². The van der Waals surface area contributed by atoms with Crippen LogP contribution < -0.4 is 0 Å². The molecule has 0 rings (SSSR count). The van der Waals surface area contributed by atoms with E-state index in [4.69, 9.17) is 6.57 Å². The van der Waals surface area contributed by atoms with Gasteiger partial charge < -0.3 is 4.85 Å². The lowest BCUT2D eigenvalue weighted by Crippen LogP contribution is -1.92. The molecule has 0 aromatic heterocycles. The molecule has 0 radical (unpaired) electrons. The van der Waals surface area contributed by atoms with Gasteiger partial charge in [-0.2, -0.15) is 0 Å². The molecular weight excluding hydrogens is 86.1 g/mol. The van der Waals surface area contributed by atoms with E-state index in [0.717, 1.165) is 6.42 Å². The zero-order chi connectivity index (χ0) is 5.70. The maximum absolute atomic E-state index is 6.46. The Morgan fingerprint density at radius 1 is 1.71 bits per heavy atom. The van der Waals surface area contributed by atoms with Crippen molar-refractivity contribution in [3.63, 3.8) is 0 Å². The molecule has 0 N–H and O–H groups in total. The average Bonchev–Trinajstić information content (AvgIpc) is 1.68. The Bertz CT molecular complexity index is 70.7. The van der Waals surface area contributed by atoms with Crippen LogP contribution in [-0.2, 0) is 0 Å². The second-order valence-corrected chi connectivity index (χ2v) is 1.85. The Hall–Kier alpha value is -0.510. The molecule has 0 aromatic carbocycles. The van der Waals surface area contributed by atoms with Gasteiger partial charge in [0, 0.05) is 5.92 Å². The van der Waals surface area contributed by atoms with Crippen LogP contribution in [0.5, 0.6) is 0 Å². The molecule has 1 heteroatoms. The van der Waals surface area contributed by atoms with E-state index in [1.807, 2.05) is 0 Å². The highest BCUT2D eigenvalue weighted by Crippen LogP contribution is 1.98. The Morgan fingerprint density at radius 3 is 2.43 bits per heavy atom. The van der Waals surface area contributed by atoms with Crippen LogP contribution in [0.3, 0.4) is 0 Å². The fourth-order valence-electron chi connectivity index (χ4n) is 0.285. The van der Waals surface area contributed by atoms with Crippen LogP contribution in [0.4, 0.5) is 0 Å². The van der Waals surface area contributed by atoms with Gasteiger partial charge in [0.15, 0.2) is 0 Å². The van der Waals surface area contributed by atoms with Crippen LogP contribution in [0.25, 0.3) is 4.85 Å².